The molecule has 0 spiro atoms. The Kier molecular flexibility index (Phi) is 5.73. The molecule has 0 aliphatic rings. The Hall–Kier alpha value is -2.97. The van der Waals surface area contributed by atoms with Crippen LogP contribution < -0.4 is 10.6 Å². The number of benzene rings is 1. The number of pyridine rings is 1. The van der Waals surface area contributed by atoms with Gasteiger partial charge in [0.1, 0.15) is 11.5 Å². The van der Waals surface area contributed by atoms with Gasteiger partial charge < -0.3 is 10.6 Å². The Morgan fingerprint density at radius 2 is 1.97 bits per heavy atom. The molecule has 146 valence electrons. The highest BCUT2D eigenvalue weighted by molar-refractivity contribution is 9.10. The van der Waals surface area contributed by atoms with E-state index in [4.69, 9.17) is 11.6 Å². The lowest BCUT2D eigenvalue weighted by Crippen LogP contribution is -2.29. The highest BCUT2D eigenvalue weighted by Crippen LogP contribution is 2.30. The number of aromatic nitrogens is 4. The minimum absolute atomic E-state index is 0.217. The van der Waals surface area contributed by atoms with Gasteiger partial charge in [-0.25, -0.2) is 4.98 Å². The van der Waals surface area contributed by atoms with Crippen LogP contribution in [0.3, 0.4) is 0 Å². The molecular formula is C20H16BrClN6O. The lowest BCUT2D eigenvalue weighted by molar-refractivity contribution is 0.0950. The summed E-state index contributed by atoms with van der Waals surface area (Å²) >= 11 is 9.83. The summed E-state index contributed by atoms with van der Waals surface area (Å²) in [5.41, 5.74) is 2.61. The Labute approximate surface area is 180 Å². The topological polar surface area (TPSA) is 84.2 Å². The monoisotopic (exact) mass is 470 g/mol. The van der Waals surface area contributed by atoms with Gasteiger partial charge >= 0.3 is 0 Å². The molecule has 4 rings (SSSR count). The molecule has 0 saturated heterocycles. The van der Waals surface area contributed by atoms with Crippen molar-refractivity contribution < 1.29 is 4.79 Å². The smallest absolute Gasteiger partial charge is 0.269 e. The number of nitrogens with one attached hydrogen (secondary N) is 2. The molecule has 0 radical (unpaired) electrons. The number of anilines is 1. The van der Waals surface area contributed by atoms with Crippen molar-refractivity contribution in [1.29, 1.82) is 0 Å². The summed E-state index contributed by atoms with van der Waals surface area (Å²) in [5, 5.41) is 11.1. The Bertz CT molecular complexity index is 1160. The highest BCUT2D eigenvalue weighted by atomic mass is 79.9. The SMILES string of the molecule is O=C(NCCNc1cc(-c2ccccc2Cl)nc2c(Br)cnn12)c1ccccn1. The normalized spacial score (nSPS) is 10.8. The second kappa shape index (κ2) is 8.59. The molecule has 1 aromatic carbocycles. The van der Waals surface area contributed by atoms with Crippen molar-refractivity contribution >= 4 is 44.9 Å². The van der Waals surface area contributed by atoms with E-state index in [9.17, 15) is 4.79 Å². The van der Waals surface area contributed by atoms with Gasteiger partial charge in [0.05, 0.1) is 16.4 Å². The second-order valence-electron chi connectivity index (χ2n) is 6.13. The predicted octanol–water partition coefficient (Wildman–Crippen LogP) is 4.05. The van der Waals surface area contributed by atoms with Crippen LogP contribution in [-0.2, 0) is 0 Å². The summed E-state index contributed by atoms with van der Waals surface area (Å²) in [6, 6.07) is 14.6. The molecule has 1 amide bonds. The molecule has 0 unspecified atom stereocenters. The minimum Gasteiger partial charge on any atom is -0.368 e. The van der Waals surface area contributed by atoms with Crippen LogP contribution in [0, 0.1) is 0 Å². The van der Waals surface area contributed by atoms with E-state index < -0.39 is 0 Å². The third-order valence-electron chi connectivity index (χ3n) is 4.19. The molecule has 0 aliphatic heterocycles. The molecule has 0 atom stereocenters. The molecule has 3 aromatic heterocycles. The third kappa shape index (κ3) is 4.23. The summed E-state index contributed by atoms with van der Waals surface area (Å²) in [6.45, 7) is 0.917. The van der Waals surface area contributed by atoms with Gasteiger partial charge in [0.15, 0.2) is 5.65 Å². The second-order valence-corrected chi connectivity index (χ2v) is 7.39. The van der Waals surface area contributed by atoms with E-state index in [0.29, 0.717) is 29.5 Å². The molecule has 29 heavy (non-hydrogen) atoms. The molecular weight excluding hydrogens is 456 g/mol. The molecule has 0 fully saturated rings. The van der Waals surface area contributed by atoms with Crippen LogP contribution in [0.25, 0.3) is 16.9 Å². The van der Waals surface area contributed by atoms with Gasteiger partial charge in [0.25, 0.3) is 5.91 Å². The van der Waals surface area contributed by atoms with E-state index in [0.717, 1.165) is 21.5 Å². The average molecular weight is 472 g/mol. The van der Waals surface area contributed by atoms with Gasteiger partial charge in [-0.15, -0.1) is 0 Å². The Balaban J connectivity index is 1.52. The zero-order valence-electron chi connectivity index (χ0n) is 15.1. The maximum absolute atomic E-state index is 12.1. The third-order valence-corrected chi connectivity index (χ3v) is 5.08. The molecule has 0 bridgehead atoms. The zero-order chi connectivity index (χ0) is 20.2. The maximum atomic E-state index is 12.1. The van der Waals surface area contributed by atoms with Crippen LogP contribution in [0.2, 0.25) is 5.02 Å². The molecule has 4 aromatic rings. The summed E-state index contributed by atoms with van der Waals surface area (Å²) in [5.74, 6) is 0.522. The Morgan fingerprint density at radius 3 is 2.76 bits per heavy atom. The molecule has 0 aliphatic carbocycles. The molecule has 9 heteroatoms. The lowest BCUT2D eigenvalue weighted by atomic mass is 10.1. The number of carbonyl (C=O) groups excluding carboxylic acids is 1. The van der Waals surface area contributed by atoms with Gasteiger partial charge in [-0.05, 0) is 34.1 Å². The first kappa shape index (κ1) is 19.4. The van der Waals surface area contributed by atoms with Crippen LogP contribution in [0.15, 0.2) is 65.4 Å². The van der Waals surface area contributed by atoms with Crippen molar-refractivity contribution in [2.24, 2.45) is 0 Å². The summed E-state index contributed by atoms with van der Waals surface area (Å²) < 4.78 is 2.48. The lowest BCUT2D eigenvalue weighted by Gasteiger charge is -2.12. The Morgan fingerprint density at radius 1 is 1.14 bits per heavy atom. The van der Waals surface area contributed by atoms with Gasteiger partial charge in [-0.1, -0.05) is 35.9 Å². The van der Waals surface area contributed by atoms with Crippen molar-refractivity contribution in [1.82, 2.24) is 24.9 Å². The molecule has 0 saturated carbocycles. The van der Waals surface area contributed by atoms with E-state index in [2.05, 4.69) is 41.6 Å². The first-order valence-electron chi connectivity index (χ1n) is 8.86. The maximum Gasteiger partial charge on any atom is 0.269 e. The van der Waals surface area contributed by atoms with Crippen LogP contribution in [0.5, 0.6) is 0 Å². The highest BCUT2D eigenvalue weighted by Gasteiger charge is 2.13. The number of amides is 1. The van der Waals surface area contributed by atoms with Crippen molar-refractivity contribution in [3.8, 4) is 11.3 Å². The van der Waals surface area contributed by atoms with Crippen molar-refractivity contribution in [3.05, 3.63) is 76.1 Å². The van der Waals surface area contributed by atoms with E-state index >= 15 is 0 Å². The van der Waals surface area contributed by atoms with E-state index in [1.54, 1.807) is 35.1 Å². The molecule has 7 nitrogen and oxygen atoms in total. The van der Waals surface area contributed by atoms with Crippen LogP contribution in [0.1, 0.15) is 10.5 Å². The standard InChI is InChI=1S/C20H16BrClN6O/c21-14-12-26-28-18(24-9-10-25-20(29)16-7-3-4-8-23-16)11-17(27-19(14)28)13-5-1-2-6-15(13)22/h1-8,11-12,24H,9-10H2,(H,25,29). The van der Waals surface area contributed by atoms with E-state index in [-0.39, 0.29) is 5.91 Å². The first-order valence-corrected chi connectivity index (χ1v) is 10.0. The number of halogens is 2. The van der Waals surface area contributed by atoms with Gasteiger partial charge in [0, 0.05) is 35.9 Å². The number of carbonyl (C=O) groups is 1. The largest absolute Gasteiger partial charge is 0.368 e. The summed E-state index contributed by atoms with van der Waals surface area (Å²) in [7, 11) is 0. The van der Waals surface area contributed by atoms with Crippen molar-refractivity contribution in [2.75, 3.05) is 18.4 Å². The number of fused-ring (bicyclic) bond motifs is 1. The number of rotatable bonds is 6. The minimum atomic E-state index is -0.217. The van der Waals surface area contributed by atoms with Crippen LogP contribution in [0.4, 0.5) is 5.82 Å². The average Bonchev–Trinajstić information content (AvgIpc) is 3.13. The van der Waals surface area contributed by atoms with Gasteiger partial charge in [-0.2, -0.15) is 9.61 Å². The van der Waals surface area contributed by atoms with Gasteiger partial charge in [0.2, 0.25) is 0 Å². The molecule has 2 N–H and O–H groups in total. The van der Waals surface area contributed by atoms with Gasteiger partial charge in [-0.3, -0.25) is 9.78 Å². The fourth-order valence-electron chi connectivity index (χ4n) is 2.82. The quantitative estimate of drug-likeness (QED) is 0.415. The fraction of sp³-hybridized carbons (Fsp3) is 0.100. The first-order chi connectivity index (χ1) is 14.1. The fourth-order valence-corrected chi connectivity index (χ4v) is 3.40. The summed E-state index contributed by atoms with van der Waals surface area (Å²) in [6.07, 6.45) is 3.28. The predicted molar refractivity (Wildman–Crippen MR) is 116 cm³/mol. The van der Waals surface area contributed by atoms with Crippen LogP contribution >= 0.6 is 27.5 Å². The number of hydrogen-bond donors (Lipinski definition) is 2. The zero-order valence-corrected chi connectivity index (χ0v) is 17.5. The molecule has 3 heterocycles. The van der Waals surface area contributed by atoms with Crippen molar-refractivity contribution in [2.45, 2.75) is 0 Å². The number of nitrogens with zero attached hydrogens (tertiary/aromatic N) is 4. The van der Waals surface area contributed by atoms with E-state index in [1.807, 2.05) is 30.3 Å². The van der Waals surface area contributed by atoms with E-state index in [1.165, 1.54) is 0 Å². The van der Waals surface area contributed by atoms with Crippen molar-refractivity contribution in [3.63, 3.8) is 0 Å². The summed E-state index contributed by atoms with van der Waals surface area (Å²) in [4.78, 5) is 20.8. The number of hydrogen-bond acceptors (Lipinski definition) is 5. The van der Waals surface area contributed by atoms with Crippen LogP contribution in [-0.4, -0.2) is 38.6 Å².